The lowest BCUT2D eigenvalue weighted by atomic mass is 9.99. The molecule has 2 amide bonds. The molecule has 26 heavy (non-hydrogen) atoms. The second-order valence-corrected chi connectivity index (χ2v) is 6.34. The number of likely N-dealkylation sites (tertiary alicyclic amines) is 1. The third-order valence-corrected chi connectivity index (χ3v) is 4.29. The molecule has 0 saturated carbocycles. The van der Waals surface area contributed by atoms with E-state index in [1.165, 1.54) is 12.1 Å². The van der Waals surface area contributed by atoms with Crippen LogP contribution in [0.1, 0.15) is 18.7 Å². The molecule has 1 aromatic carbocycles. The number of amides is 2. The summed E-state index contributed by atoms with van der Waals surface area (Å²) in [4.78, 5) is 18.1. The molecule has 2 heterocycles. The van der Waals surface area contributed by atoms with Gasteiger partial charge in [-0.25, -0.2) is 9.18 Å². The van der Waals surface area contributed by atoms with Gasteiger partial charge in [0.1, 0.15) is 17.4 Å². The zero-order chi connectivity index (χ0) is 18.4. The van der Waals surface area contributed by atoms with E-state index in [1.807, 2.05) is 0 Å². The number of anilines is 1. The topological polar surface area (TPSA) is 109 Å². The minimum atomic E-state index is -0.286. The van der Waals surface area contributed by atoms with Crippen LogP contribution >= 0.6 is 0 Å². The highest BCUT2D eigenvalue weighted by Gasteiger charge is 2.24. The number of aromatic nitrogens is 3. The van der Waals surface area contributed by atoms with Gasteiger partial charge in [-0.15, -0.1) is 5.10 Å². The molecule has 3 rings (SSSR count). The van der Waals surface area contributed by atoms with E-state index in [4.69, 9.17) is 10.5 Å². The lowest BCUT2D eigenvalue weighted by molar-refractivity contribution is 0.137. The van der Waals surface area contributed by atoms with Gasteiger partial charge >= 0.3 is 6.03 Å². The molecular weight excluding hydrogens is 339 g/mol. The number of nitrogens with two attached hydrogens (primary N) is 1. The average molecular weight is 362 g/mol. The van der Waals surface area contributed by atoms with Crippen molar-refractivity contribution in [1.82, 2.24) is 25.4 Å². The van der Waals surface area contributed by atoms with E-state index < -0.39 is 0 Å². The van der Waals surface area contributed by atoms with Gasteiger partial charge < -0.3 is 20.7 Å². The van der Waals surface area contributed by atoms with E-state index in [1.54, 1.807) is 17.0 Å². The molecule has 0 aliphatic carbocycles. The molecule has 0 radical (unpaired) electrons. The van der Waals surface area contributed by atoms with Crippen molar-refractivity contribution in [3.05, 3.63) is 35.9 Å². The first-order chi connectivity index (χ1) is 12.6. The molecule has 8 nitrogen and oxygen atoms in total. The van der Waals surface area contributed by atoms with Crippen LogP contribution in [0.15, 0.2) is 24.3 Å². The summed E-state index contributed by atoms with van der Waals surface area (Å²) < 4.78 is 18.6. The van der Waals surface area contributed by atoms with E-state index in [-0.39, 0.29) is 23.7 Å². The van der Waals surface area contributed by atoms with Gasteiger partial charge in [0.2, 0.25) is 5.95 Å². The standard InChI is InChI=1S/C17H23FN6O2/c18-13-3-5-14(6-4-13)26-11-12-2-1-9-24(10-12)17(25)20-8-7-15-21-16(19)23-22-15/h3-6,12H,1-2,7-11H2,(H,20,25)(H3,19,21,22,23)/t12-/m0/s1. The van der Waals surface area contributed by atoms with Gasteiger partial charge in [0.05, 0.1) is 6.61 Å². The monoisotopic (exact) mass is 362 g/mol. The Labute approximate surface area is 150 Å². The Morgan fingerprint density at radius 1 is 1.42 bits per heavy atom. The number of rotatable bonds is 6. The molecule has 1 aliphatic heterocycles. The number of hydrogen-bond donors (Lipinski definition) is 3. The maximum Gasteiger partial charge on any atom is 0.317 e. The van der Waals surface area contributed by atoms with Gasteiger partial charge in [-0.1, -0.05) is 0 Å². The van der Waals surface area contributed by atoms with Crippen molar-refractivity contribution in [2.45, 2.75) is 19.3 Å². The summed E-state index contributed by atoms with van der Waals surface area (Å²) in [6, 6.07) is 5.87. The minimum Gasteiger partial charge on any atom is -0.493 e. The van der Waals surface area contributed by atoms with Crippen molar-refractivity contribution in [2.24, 2.45) is 5.92 Å². The second-order valence-electron chi connectivity index (χ2n) is 6.34. The number of nitrogens with one attached hydrogen (secondary N) is 2. The van der Waals surface area contributed by atoms with E-state index in [9.17, 15) is 9.18 Å². The van der Waals surface area contributed by atoms with Crippen LogP contribution in [0.2, 0.25) is 0 Å². The quantitative estimate of drug-likeness (QED) is 0.723. The molecule has 2 aromatic rings. The minimum absolute atomic E-state index is 0.0935. The fraction of sp³-hybridized carbons (Fsp3) is 0.471. The van der Waals surface area contributed by atoms with E-state index in [0.29, 0.717) is 37.7 Å². The van der Waals surface area contributed by atoms with E-state index >= 15 is 0 Å². The third kappa shape index (κ3) is 5.08. The van der Waals surface area contributed by atoms with Gasteiger partial charge in [-0.2, -0.15) is 4.98 Å². The predicted octanol–water partition coefficient (Wildman–Crippen LogP) is 1.57. The first kappa shape index (κ1) is 18.0. The summed E-state index contributed by atoms with van der Waals surface area (Å²) in [5.41, 5.74) is 5.44. The Kier molecular flexibility index (Phi) is 5.88. The Morgan fingerprint density at radius 3 is 2.96 bits per heavy atom. The van der Waals surface area contributed by atoms with Crippen molar-refractivity contribution >= 4 is 12.0 Å². The molecule has 140 valence electrons. The summed E-state index contributed by atoms with van der Waals surface area (Å²) in [7, 11) is 0. The smallest absolute Gasteiger partial charge is 0.317 e. The molecule has 1 aromatic heterocycles. The van der Waals surface area contributed by atoms with Crippen LogP contribution < -0.4 is 15.8 Å². The lowest BCUT2D eigenvalue weighted by Crippen LogP contribution is -2.47. The fourth-order valence-electron chi connectivity index (χ4n) is 2.95. The molecule has 1 atom stereocenters. The summed E-state index contributed by atoms with van der Waals surface area (Å²) in [5.74, 6) is 1.46. The largest absolute Gasteiger partial charge is 0.493 e. The van der Waals surface area contributed by atoms with Crippen LogP contribution in [0.3, 0.4) is 0 Å². The summed E-state index contributed by atoms with van der Waals surface area (Å²) in [6.45, 7) is 2.34. The van der Waals surface area contributed by atoms with Gasteiger partial charge in [0.25, 0.3) is 0 Å². The Balaban J connectivity index is 1.40. The average Bonchev–Trinajstić information content (AvgIpc) is 3.06. The molecule has 9 heteroatoms. The number of ether oxygens (including phenoxy) is 1. The third-order valence-electron chi connectivity index (χ3n) is 4.29. The Hall–Kier alpha value is -2.84. The summed E-state index contributed by atoms with van der Waals surface area (Å²) in [6.07, 6.45) is 2.48. The molecule has 1 aliphatic rings. The zero-order valence-corrected chi connectivity index (χ0v) is 14.4. The maximum absolute atomic E-state index is 12.9. The second kappa shape index (κ2) is 8.50. The highest BCUT2D eigenvalue weighted by atomic mass is 19.1. The molecular formula is C17H23FN6O2. The predicted molar refractivity (Wildman–Crippen MR) is 94.1 cm³/mol. The summed E-state index contributed by atoms with van der Waals surface area (Å²) in [5, 5.41) is 9.35. The first-order valence-electron chi connectivity index (χ1n) is 8.68. The number of piperidine rings is 1. The van der Waals surface area contributed by atoms with Crippen molar-refractivity contribution in [2.75, 3.05) is 32.0 Å². The van der Waals surface area contributed by atoms with Crippen molar-refractivity contribution in [3.8, 4) is 5.75 Å². The number of benzene rings is 1. The van der Waals surface area contributed by atoms with Crippen molar-refractivity contribution < 1.29 is 13.9 Å². The number of carbonyl (C=O) groups is 1. The normalized spacial score (nSPS) is 17.1. The van der Waals surface area contributed by atoms with Crippen LogP contribution in [0.5, 0.6) is 5.75 Å². The van der Waals surface area contributed by atoms with Crippen LogP contribution in [0.25, 0.3) is 0 Å². The summed E-state index contributed by atoms with van der Waals surface area (Å²) >= 11 is 0. The number of hydrogen-bond acceptors (Lipinski definition) is 5. The highest BCUT2D eigenvalue weighted by molar-refractivity contribution is 5.74. The molecule has 0 spiro atoms. The molecule has 1 saturated heterocycles. The van der Waals surface area contributed by atoms with Gasteiger partial charge in [0.15, 0.2) is 0 Å². The van der Waals surface area contributed by atoms with Crippen LogP contribution in [-0.2, 0) is 6.42 Å². The van der Waals surface area contributed by atoms with Crippen LogP contribution in [0, 0.1) is 11.7 Å². The SMILES string of the molecule is Nc1n[nH]c(CCNC(=O)N2CCC[C@H](COc3ccc(F)cc3)C2)n1. The fourth-order valence-corrected chi connectivity index (χ4v) is 2.95. The maximum atomic E-state index is 12.9. The number of H-pyrrole nitrogens is 1. The van der Waals surface area contributed by atoms with E-state index in [2.05, 4.69) is 20.5 Å². The molecule has 0 bridgehead atoms. The number of nitrogen functional groups attached to an aromatic ring is 1. The van der Waals surface area contributed by atoms with Crippen molar-refractivity contribution in [3.63, 3.8) is 0 Å². The number of carbonyl (C=O) groups excluding carboxylic acids is 1. The Morgan fingerprint density at radius 2 is 2.23 bits per heavy atom. The number of nitrogens with zero attached hydrogens (tertiary/aromatic N) is 3. The van der Waals surface area contributed by atoms with Crippen LogP contribution in [-0.4, -0.2) is 52.4 Å². The van der Waals surface area contributed by atoms with E-state index in [0.717, 1.165) is 19.4 Å². The van der Waals surface area contributed by atoms with Crippen molar-refractivity contribution in [1.29, 1.82) is 0 Å². The number of aromatic amines is 1. The number of urea groups is 1. The molecule has 1 fully saturated rings. The lowest BCUT2D eigenvalue weighted by Gasteiger charge is -2.32. The van der Waals surface area contributed by atoms with Gasteiger partial charge in [0, 0.05) is 32.0 Å². The molecule has 4 N–H and O–H groups in total. The first-order valence-corrected chi connectivity index (χ1v) is 8.68. The molecule has 0 unspecified atom stereocenters. The van der Waals surface area contributed by atoms with Gasteiger partial charge in [-0.05, 0) is 37.1 Å². The van der Waals surface area contributed by atoms with Gasteiger partial charge in [-0.3, -0.25) is 5.10 Å². The highest BCUT2D eigenvalue weighted by Crippen LogP contribution is 2.19. The number of halogens is 1. The van der Waals surface area contributed by atoms with Crippen LogP contribution in [0.4, 0.5) is 15.1 Å². The zero-order valence-electron chi connectivity index (χ0n) is 14.4. The Bertz CT molecular complexity index is 720.